The largest absolute Gasteiger partial charge is 0.469 e. The Morgan fingerprint density at radius 3 is 2.21 bits per heavy atom. The zero-order valence-corrected chi connectivity index (χ0v) is 19.4. The van der Waals surface area contributed by atoms with Crippen LogP contribution < -0.4 is 0 Å². The van der Waals surface area contributed by atoms with Crippen LogP contribution in [0.5, 0.6) is 0 Å². The molecule has 9 nitrogen and oxygen atoms in total. The first kappa shape index (κ1) is 25.1. The molecule has 182 valence electrons. The van der Waals surface area contributed by atoms with Crippen LogP contribution in [0.3, 0.4) is 0 Å². The number of rotatable bonds is 8. The Labute approximate surface area is 193 Å². The SMILES string of the molecule is COC(=O)CC1O[C@H]2[C@@H](C)[C@H](OC(C)=O)C(CC(=O)OC)O[C@H]2CC1OCc1ccccc1. The predicted octanol–water partition coefficient (Wildman–Crippen LogP) is 2.19. The van der Waals surface area contributed by atoms with Crippen LogP contribution in [0, 0.1) is 5.92 Å². The van der Waals surface area contributed by atoms with Crippen molar-refractivity contribution in [2.75, 3.05) is 14.2 Å². The number of fused-ring (bicyclic) bond motifs is 1. The minimum Gasteiger partial charge on any atom is -0.469 e. The number of hydrogen-bond donors (Lipinski definition) is 0. The van der Waals surface area contributed by atoms with Crippen molar-refractivity contribution >= 4 is 17.9 Å². The van der Waals surface area contributed by atoms with Gasteiger partial charge in [0.25, 0.3) is 0 Å². The van der Waals surface area contributed by atoms with Crippen LogP contribution in [0.4, 0.5) is 0 Å². The van der Waals surface area contributed by atoms with E-state index in [9.17, 15) is 14.4 Å². The van der Waals surface area contributed by atoms with E-state index in [-0.39, 0.29) is 18.8 Å². The summed E-state index contributed by atoms with van der Waals surface area (Å²) in [5.74, 6) is -1.62. The van der Waals surface area contributed by atoms with Gasteiger partial charge in [0.05, 0.1) is 58.1 Å². The third kappa shape index (κ3) is 6.52. The molecule has 2 heterocycles. The average molecular weight is 465 g/mol. The number of hydrogen-bond acceptors (Lipinski definition) is 9. The first-order valence-corrected chi connectivity index (χ1v) is 11.1. The van der Waals surface area contributed by atoms with Gasteiger partial charge in [-0.25, -0.2) is 0 Å². The highest BCUT2D eigenvalue weighted by molar-refractivity contribution is 5.70. The molecule has 2 aliphatic heterocycles. The molecule has 2 saturated heterocycles. The van der Waals surface area contributed by atoms with Crippen LogP contribution in [0.15, 0.2) is 30.3 Å². The van der Waals surface area contributed by atoms with Crippen molar-refractivity contribution in [1.82, 2.24) is 0 Å². The second-order valence-electron chi connectivity index (χ2n) is 8.42. The molecule has 33 heavy (non-hydrogen) atoms. The van der Waals surface area contributed by atoms with Crippen molar-refractivity contribution < 1.29 is 42.8 Å². The minimum atomic E-state index is -0.691. The van der Waals surface area contributed by atoms with E-state index in [0.29, 0.717) is 13.0 Å². The highest BCUT2D eigenvalue weighted by atomic mass is 16.6. The maximum absolute atomic E-state index is 12.0. The van der Waals surface area contributed by atoms with E-state index in [1.807, 2.05) is 37.3 Å². The number of ether oxygens (including phenoxy) is 6. The summed E-state index contributed by atoms with van der Waals surface area (Å²) < 4.78 is 33.8. The Morgan fingerprint density at radius 1 is 0.970 bits per heavy atom. The van der Waals surface area contributed by atoms with Crippen LogP contribution in [-0.2, 0) is 49.4 Å². The highest BCUT2D eigenvalue weighted by Crippen LogP contribution is 2.39. The maximum Gasteiger partial charge on any atom is 0.308 e. The maximum atomic E-state index is 12.0. The predicted molar refractivity (Wildman–Crippen MR) is 115 cm³/mol. The lowest BCUT2D eigenvalue weighted by Gasteiger charge is -2.50. The Kier molecular flexibility index (Phi) is 8.82. The molecule has 3 rings (SSSR count). The molecule has 0 spiro atoms. The average Bonchev–Trinajstić information content (AvgIpc) is 2.80. The molecule has 3 unspecified atom stereocenters. The van der Waals surface area contributed by atoms with Gasteiger partial charge in [0.15, 0.2) is 0 Å². The second-order valence-corrected chi connectivity index (χ2v) is 8.42. The molecule has 0 radical (unpaired) electrons. The van der Waals surface area contributed by atoms with Gasteiger partial charge in [-0.3, -0.25) is 14.4 Å². The van der Waals surface area contributed by atoms with Gasteiger partial charge in [0.1, 0.15) is 12.2 Å². The van der Waals surface area contributed by atoms with Gasteiger partial charge < -0.3 is 28.4 Å². The monoisotopic (exact) mass is 464 g/mol. The van der Waals surface area contributed by atoms with E-state index in [1.54, 1.807) is 0 Å². The second kappa shape index (κ2) is 11.6. The molecule has 0 saturated carbocycles. The topological polar surface area (TPSA) is 107 Å². The van der Waals surface area contributed by atoms with Gasteiger partial charge in [-0.2, -0.15) is 0 Å². The molecule has 2 aliphatic rings. The lowest BCUT2D eigenvalue weighted by Crippen LogP contribution is -2.61. The van der Waals surface area contributed by atoms with Crippen molar-refractivity contribution in [3.63, 3.8) is 0 Å². The lowest BCUT2D eigenvalue weighted by atomic mass is 9.81. The summed E-state index contributed by atoms with van der Waals surface area (Å²) in [6.45, 7) is 3.54. The Bertz CT molecular complexity index is 811. The molecule has 1 aromatic rings. The van der Waals surface area contributed by atoms with Crippen molar-refractivity contribution in [2.45, 2.75) is 76.3 Å². The van der Waals surface area contributed by atoms with E-state index in [1.165, 1.54) is 21.1 Å². The molecule has 0 bridgehead atoms. The number of benzene rings is 1. The molecular formula is C24H32O9. The normalized spacial score (nSPS) is 31.2. The van der Waals surface area contributed by atoms with Gasteiger partial charge in [-0.15, -0.1) is 0 Å². The molecule has 9 heteroatoms. The molecule has 7 atom stereocenters. The molecule has 0 amide bonds. The van der Waals surface area contributed by atoms with E-state index in [2.05, 4.69) is 0 Å². The molecule has 0 N–H and O–H groups in total. The van der Waals surface area contributed by atoms with Crippen LogP contribution in [0.1, 0.15) is 38.7 Å². The van der Waals surface area contributed by atoms with Gasteiger partial charge in [0, 0.05) is 19.3 Å². The summed E-state index contributed by atoms with van der Waals surface area (Å²) in [4.78, 5) is 35.7. The van der Waals surface area contributed by atoms with E-state index in [0.717, 1.165) is 5.56 Å². The van der Waals surface area contributed by atoms with Crippen LogP contribution in [-0.4, -0.2) is 68.8 Å². The standard InChI is InChI=1S/C24H32O9/c1-14-23(31-15(2)25)20(12-22(27)29-4)32-19-10-17(30-13-16-8-6-5-7-9-16)18(33-24(14)19)11-21(26)28-3/h5-9,14,17-20,23-24H,10-13H2,1-4H3/t14-,17?,18?,19-,20?,23-,24-/m0/s1. The van der Waals surface area contributed by atoms with Gasteiger partial charge in [-0.1, -0.05) is 37.3 Å². The van der Waals surface area contributed by atoms with E-state index < -0.39 is 54.5 Å². The number of esters is 3. The lowest BCUT2D eigenvalue weighted by molar-refractivity contribution is -0.274. The first-order chi connectivity index (χ1) is 15.8. The minimum absolute atomic E-state index is 0.0235. The number of carbonyl (C=O) groups is 3. The summed E-state index contributed by atoms with van der Waals surface area (Å²) in [6.07, 6.45) is -2.78. The van der Waals surface area contributed by atoms with Crippen molar-refractivity contribution in [3.8, 4) is 0 Å². The number of carbonyl (C=O) groups excluding carboxylic acids is 3. The van der Waals surface area contributed by atoms with Crippen molar-refractivity contribution in [2.24, 2.45) is 5.92 Å². The van der Waals surface area contributed by atoms with Gasteiger partial charge >= 0.3 is 17.9 Å². The van der Waals surface area contributed by atoms with Gasteiger partial charge in [-0.05, 0) is 5.56 Å². The third-order valence-corrected chi connectivity index (χ3v) is 6.13. The zero-order valence-electron chi connectivity index (χ0n) is 19.4. The number of methoxy groups -OCH3 is 2. The van der Waals surface area contributed by atoms with Crippen LogP contribution in [0.25, 0.3) is 0 Å². The van der Waals surface area contributed by atoms with E-state index >= 15 is 0 Å². The van der Waals surface area contributed by atoms with E-state index in [4.69, 9.17) is 28.4 Å². The Balaban J connectivity index is 1.79. The molecule has 2 fully saturated rings. The van der Waals surface area contributed by atoms with Crippen LogP contribution >= 0.6 is 0 Å². The van der Waals surface area contributed by atoms with Crippen LogP contribution in [0.2, 0.25) is 0 Å². The van der Waals surface area contributed by atoms with Crippen molar-refractivity contribution in [3.05, 3.63) is 35.9 Å². The molecule has 0 aromatic heterocycles. The fourth-order valence-electron chi connectivity index (χ4n) is 4.48. The summed E-state index contributed by atoms with van der Waals surface area (Å²) in [5.41, 5.74) is 0.993. The van der Waals surface area contributed by atoms with Gasteiger partial charge in [0.2, 0.25) is 0 Å². The summed E-state index contributed by atoms with van der Waals surface area (Å²) in [5, 5.41) is 0. The Morgan fingerprint density at radius 2 is 1.61 bits per heavy atom. The summed E-state index contributed by atoms with van der Waals surface area (Å²) >= 11 is 0. The van der Waals surface area contributed by atoms with Crippen molar-refractivity contribution in [1.29, 1.82) is 0 Å². The zero-order chi connectivity index (χ0) is 24.0. The Hall–Kier alpha value is -2.49. The fourth-order valence-corrected chi connectivity index (χ4v) is 4.48. The molecular weight excluding hydrogens is 432 g/mol. The summed E-state index contributed by atoms with van der Waals surface area (Å²) in [6, 6.07) is 9.69. The smallest absolute Gasteiger partial charge is 0.308 e. The fraction of sp³-hybridized carbons (Fsp3) is 0.625. The third-order valence-electron chi connectivity index (χ3n) is 6.13. The summed E-state index contributed by atoms with van der Waals surface area (Å²) in [7, 11) is 2.63. The first-order valence-electron chi connectivity index (χ1n) is 11.1. The highest BCUT2D eigenvalue weighted by Gasteiger charge is 2.52. The molecule has 0 aliphatic carbocycles. The molecule has 1 aromatic carbocycles. The quantitative estimate of drug-likeness (QED) is 0.423.